The highest BCUT2D eigenvalue weighted by Crippen LogP contribution is 2.45. The first-order chi connectivity index (χ1) is 14.0. The molecule has 0 N–H and O–H groups in total. The topological polar surface area (TPSA) is 49.7 Å². The van der Waals surface area contributed by atoms with E-state index < -0.39 is 0 Å². The first-order valence-corrected chi connectivity index (χ1v) is 10.6. The van der Waals surface area contributed by atoms with Gasteiger partial charge in [-0.05, 0) is 24.6 Å². The number of thioether (sulfide) groups is 1. The van der Waals surface area contributed by atoms with Crippen LogP contribution in [0.15, 0.2) is 47.4 Å². The molecule has 0 saturated carbocycles. The van der Waals surface area contributed by atoms with Crippen LogP contribution < -0.4 is 9.47 Å². The maximum absolute atomic E-state index is 12.7. The Bertz CT molecular complexity index is 995. The quantitative estimate of drug-likeness (QED) is 0.363. The Morgan fingerprint density at radius 2 is 1.86 bits per heavy atom. The van der Waals surface area contributed by atoms with Crippen molar-refractivity contribution in [2.24, 2.45) is 7.05 Å². The average Bonchev–Trinajstić information content (AvgIpc) is 2.98. The van der Waals surface area contributed by atoms with Gasteiger partial charge in [0.1, 0.15) is 12.3 Å². The van der Waals surface area contributed by atoms with Crippen LogP contribution in [0.25, 0.3) is 10.9 Å². The molecule has 0 aliphatic rings. The van der Waals surface area contributed by atoms with Crippen molar-refractivity contribution in [2.45, 2.75) is 37.5 Å². The fraction of sp³-hybridized carbons (Fsp3) is 0.348. The summed E-state index contributed by atoms with van der Waals surface area (Å²) in [5.74, 6) is 0.950. The monoisotopic (exact) mass is 413 g/mol. The summed E-state index contributed by atoms with van der Waals surface area (Å²) in [6, 6.07) is 13.8. The number of carbonyl (C=O) groups excluding carboxylic acids is 1. The predicted octanol–water partition coefficient (Wildman–Crippen LogP) is 5.44. The third kappa shape index (κ3) is 4.37. The van der Waals surface area contributed by atoms with Crippen LogP contribution >= 0.6 is 11.8 Å². The number of hydrogen-bond donors (Lipinski definition) is 0. The summed E-state index contributed by atoms with van der Waals surface area (Å²) in [4.78, 5) is 13.6. The molecule has 0 radical (unpaired) electrons. The number of aromatic nitrogens is 1. The molecule has 1 aromatic heterocycles. The van der Waals surface area contributed by atoms with Crippen LogP contribution in [0.1, 0.15) is 36.8 Å². The van der Waals surface area contributed by atoms with Gasteiger partial charge >= 0.3 is 5.97 Å². The fourth-order valence-electron chi connectivity index (χ4n) is 3.27. The minimum absolute atomic E-state index is 0.285. The van der Waals surface area contributed by atoms with E-state index in [2.05, 4.69) is 13.8 Å². The maximum atomic E-state index is 12.7. The second-order valence-corrected chi connectivity index (χ2v) is 8.48. The highest BCUT2D eigenvalue weighted by Gasteiger charge is 2.27. The van der Waals surface area contributed by atoms with Gasteiger partial charge in [-0.15, -0.1) is 11.8 Å². The molecule has 3 aromatic rings. The highest BCUT2D eigenvalue weighted by molar-refractivity contribution is 8.00. The number of esters is 1. The first kappa shape index (κ1) is 21.1. The summed E-state index contributed by atoms with van der Waals surface area (Å²) in [6.07, 6.45) is 0. The highest BCUT2D eigenvalue weighted by atomic mass is 32.2. The lowest BCUT2D eigenvalue weighted by Gasteiger charge is -2.13. The predicted molar refractivity (Wildman–Crippen MR) is 117 cm³/mol. The van der Waals surface area contributed by atoms with Gasteiger partial charge < -0.3 is 18.8 Å². The van der Waals surface area contributed by atoms with Crippen molar-refractivity contribution in [2.75, 3.05) is 13.7 Å². The number of ether oxygens (including phenoxy) is 3. The van der Waals surface area contributed by atoms with Crippen molar-refractivity contribution in [1.82, 2.24) is 4.57 Å². The summed E-state index contributed by atoms with van der Waals surface area (Å²) in [7, 11) is 3.51. The van der Waals surface area contributed by atoms with Gasteiger partial charge in [0.2, 0.25) is 0 Å². The molecule has 6 heteroatoms. The molecule has 0 aliphatic heterocycles. The van der Waals surface area contributed by atoms with Crippen LogP contribution in [-0.4, -0.2) is 29.5 Å². The minimum atomic E-state index is -0.330. The number of benzene rings is 2. The van der Waals surface area contributed by atoms with Gasteiger partial charge in [0.25, 0.3) is 0 Å². The van der Waals surface area contributed by atoms with Gasteiger partial charge in [0, 0.05) is 12.3 Å². The molecule has 1 heterocycles. The molecule has 0 fully saturated rings. The second-order valence-electron chi connectivity index (χ2n) is 6.89. The SMILES string of the molecule is CCOC(=O)c1c(SC(C)C)c2c(OC)c(OCc3ccccc3)ccc2n1C. The molecule has 5 nitrogen and oxygen atoms in total. The third-order valence-electron chi connectivity index (χ3n) is 4.50. The Morgan fingerprint density at radius 1 is 1.14 bits per heavy atom. The van der Waals surface area contributed by atoms with Gasteiger partial charge in [-0.3, -0.25) is 0 Å². The molecule has 0 saturated heterocycles. The average molecular weight is 414 g/mol. The summed E-state index contributed by atoms with van der Waals surface area (Å²) < 4.78 is 19.1. The standard InChI is InChI=1S/C23H27NO4S/c1-6-27-23(25)20-22(29-15(2)3)19-17(24(20)4)12-13-18(21(19)26-5)28-14-16-10-8-7-9-11-16/h7-13,15H,6,14H2,1-5H3. The fourth-order valence-corrected chi connectivity index (χ4v) is 4.39. The third-order valence-corrected chi connectivity index (χ3v) is 5.61. The van der Waals surface area contributed by atoms with Crippen LogP contribution in [0.2, 0.25) is 0 Å². The first-order valence-electron chi connectivity index (χ1n) is 9.67. The lowest BCUT2D eigenvalue weighted by molar-refractivity contribution is 0.0511. The number of aryl methyl sites for hydroxylation is 1. The smallest absolute Gasteiger partial charge is 0.356 e. The Balaban J connectivity index is 2.13. The number of methoxy groups -OCH3 is 1. The summed E-state index contributed by atoms with van der Waals surface area (Å²) in [5.41, 5.74) is 2.52. The molecule has 3 rings (SSSR count). The van der Waals surface area contributed by atoms with E-state index in [-0.39, 0.29) is 11.2 Å². The van der Waals surface area contributed by atoms with E-state index in [1.807, 2.05) is 61.0 Å². The molecule has 0 amide bonds. The van der Waals surface area contributed by atoms with Crippen LogP contribution in [0.4, 0.5) is 0 Å². The van der Waals surface area contributed by atoms with Crippen molar-refractivity contribution in [1.29, 1.82) is 0 Å². The van der Waals surface area contributed by atoms with Crippen molar-refractivity contribution in [3.05, 3.63) is 53.7 Å². The van der Waals surface area contributed by atoms with E-state index in [0.29, 0.717) is 30.4 Å². The summed E-state index contributed by atoms with van der Waals surface area (Å²) >= 11 is 1.63. The van der Waals surface area contributed by atoms with Gasteiger partial charge in [0.05, 0.1) is 29.5 Å². The zero-order valence-electron chi connectivity index (χ0n) is 17.5. The molecular formula is C23H27NO4S. The van der Waals surface area contributed by atoms with Crippen LogP contribution in [-0.2, 0) is 18.4 Å². The van der Waals surface area contributed by atoms with Crippen LogP contribution in [0.5, 0.6) is 11.5 Å². The van der Waals surface area contributed by atoms with Crippen molar-refractivity contribution in [3.8, 4) is 11.5 Å². The zero-order valence-corrected chi connectivity index (χ0v) is 18.3. The van der Waals surface area contributed by atoms with Crippen molar-refractivity contribution >= 4 is 28.6 Å². The Kier molecular flexibility index (Phi) is 6.75. The van der Waals surface area contributed by atoms with Gasteiger partial charge in [0.15, 0.2) is 11.5 Å². The van der Waals surface area contributed by atoms with E-state index in [9.17, 15) is 4.79 Å². The number of fused-ring (bicyclic) bond motifs is 1. The van der Waals surface area contributed by atoms with Gasteiger partial charge in [-0.25, -0.2) is 4.79 Å². The zero-order chi connectivity index (χ0) is 21.0. The molecule has 29 heavy (non-hydrogen) atoms. The molecule has 154 valence electrons. The normalized spacial score (nSPS) is 11.1. The number of hydrogen-bond acceptors (Lipinski definition) is 5. The van der Waals surface area contributed by atoms with Crippen molar-refractivity contribution in [3.63, 3.8) is 0 Å². The van der Waals surface area contributed by atoms with Crippen LogP contribution in [0.3, 0.4) is 0 Å². The van der Waals surface area contributed by atoms with E-state index in [4.69, 9.17) is 14.2 Å². The Morgan fingerprint density at radius 3 is 2.48 bits per heavy atom. The molecule has 0 spiro atoms. The lowest BCUT2D eigenvalue weighted by Crippen LogP contribution is -2.11. The van der Waals surface area contributed by atoms with Crippen LogP contribution in [0, 0.1) is 0 Å². The Labute approximate surface area is 175 Å². The number of carbonyl (C=O) groups is 1. The largest absolute Gasteiger partial charge is 0.492 e. The summed E-state index contributed by atoms with van der Waals surface area (Å²) in [6.45, 7) is 6.77. The Hall–Kier alpha value is -2.60. The minimum Gasteiger partial charge on any atom is -0.492 e. The van der Waals surface area contributed by atoms with E-state index in [1.54, 1.807) is 18.9 Å². The number of nitrogens with zero attached hydrogens (tertiary/aromatic N) is 1. The molecule has 0 aliphatic carbocycles. The van der Waals surface area contributed by atoms with E-state index in [0.717, 1.165) is 21.4 Å². The molecule has 0 atom stereocenters. The number of rotatable bonds is 8. The van der Waals surface area contributed by atoms with Gasteiger partial charge in [-0.2, -0.15) is 0 Å². The van der Waals surface area contributed by atoms with Gasteiger partial charge in [-0.1, -0.05) is 44.2 Å². The summed E-state index contributed by atoms with van der Waals surface area (Å²) in [5, 5.41) is 1.16. The molecule has 0 unspecified atom stereocenters. The van der Waals surface area contributed by atoms with Crippen molar-refractivity contribution < 1.29 is 19.0 Å². The maximum Gasteiger partial charge on any atom is 0.356 e. The molecule has 0 bridgehead atoms. The van der Waals surface area contributed by atoms with E-state index >= 15 is 0 Å². The molecule has 2 aromatic carbocycles. The van der Waals surface area contributed by atoms with E-state index in [1.165, 1.54) is 0 Å². The lowest BCUT2D eigenvalue weighted by atomic mass is 10.2. The second kappa shape index (κ2) is 9.27. The molecular weight excluding hydrogens is 386 g/mol.